The van der Waals surface area contributed by atoms with Crippen molar-refractivity contribution in [3.63, 3.8) is 0 Å². The summed E-state index contributed by atoms with van der Waals surface area (Å²) in [6.07, 6.45) is 1.31. The number of nitrogens with one attached hydrogen (secondary N) is 1. The van der Waals surface area contributed by atoms with Crippen LogP contribution in [0.15, 0.2) is 46.0 Å². The van der Waals surface area contributed by atoms with Crippen LogP contribution < -0.4 is 19.6 Å². The normalized spacial score (nSPS) is 10.6. The highest BCUT2D eigenvalue weighted by Crippen LogP contribution is 2.32. The van der Waals surface area contributed by atoms with E-state index in [1.165, 1.54) is 13.3 Å². The molecule has 26 heavy (non-hydrogen) atoms. The molecule has 2 aromatic carbocycles. The molecule has 0 heterocycles. The van der Waals surface area contributed by atoms with Crippen molar-refractivity contribution >= 4 is 28.1 Å². The lowest BCUT2D eigenvalue weighted by Gasteiger charge is -2.10. The average molecular weight is 423 g/mol. The number of phenols is 1. The van der Waals surface area contributed by atoms with Gasteiger partial charge in [-0.3, -0.25) is 4.79 Å². The van der Waals surface area contributed by atoms with Gasteiger partial charge in [0.2, 0.25) is 0 Å². The fourth-order valence-electron chi connectivity index (χ4n) is 2.04. The van der Waals surface area contributed by atoms with E-state index in [2.05, 4.69) is 26.5 Å². The van der Waals surface area contributed by atoms with Crippen molar-refractivity contribution in [1.29, 1.82) is 0 Å². The summed E-state index contributed by atoms with van der Waals surface area (Å²) in [5.41, 5.74) is 2.72. The molecule has 138 valence electrons. The highest BCUT2D eigenvalue weighted by molar-refractivity contribution is 9.10. The lowest BCUT2D eigenvalue weighted by molar-refractivity contribution is -0.123. The number of benzene rings is 2. The molecule has 0 spiro atoms. The van der Waals surface area contributed by atoms with Crippen LogP contribution in [-0.4, -0.2) is 37.6 Å². The van der Waals surface area contributed by atoms with E-state index in [1.54, 1.807) is 30.3 Å². The average Bonchev–Trinajstić information content (AvgIpc) is 2.63. The first-order valence-corrected chi connectivity index (χ1v) is 8.57. The summed E-state index contributed by atoms with van der Waals surface area (Å²) in [5, 5.41) is 13.8. The van der Waals surface area contributed by atoms with E-state index >= 15 is 0 Å². The number of phenolic OH excluding ortho intramolecular Hbond substituents is 1. The number of halogens is 1. The van der Waals surface area contributed by atoms with Crippen molar-refractivity contribution in [1.82, 2.24) is 5.43 Å². The molecule has 0 aliphatic rings. The molecule has 0 unspecified atom stereocenters. The van der Waals surface area contributed by atoms with E-state index in [4.69, 9.17) is 14.2 Å². The zero-order chi connectivity index (χ0) is 18.9. The first kappa shape index (κ1) is 19.6. The van der Waals surface area contributed by atoms with Crippen molar-refractivity contribution in [2.45, 2.75) is 6.92 Å². The fraction of sp³-hybridized carbons (Fsp3) is 0.222. The van der Waals surface area contributed by atoms with E-state index in [0.29, 0.717) is 33.9 Å². The molecule has 7 nitrogen and oxygen atoms in total. The van der Waals surface area contributed by atoms with Crippen LogP contribution in [0.3, 0.4) is 0 Å². The Kier molecular flexibility index (Phi) is 7.28. The number of hydrogen-bond acceptors (Lipinski definition) is 6. The largest absolute Gasteiger partial charge is 0.504 e. The Labute approximate surface area is 159 Å². The van der Waals surface area contributed by atoms with Crippen LogP contribution in [0.5, 0.6) is 23.0 Å². The standard InChI is InChI=1S/C18H19BrN2O5/c1-3-25-14-6-4-5-7-15(14)26-11-17(22)21-20-10-12-8-13(19)9-16(24-2)18(12)23/h4-10,23H,3,11H2,1-2H3,(H,21,22)/b20-10-. The number of ether oxygens (including phenoxy) is 3. The lowest BCUT2D eigenvalue weighted by Crippen LogP contribution is -2.24. The molecular weight excluding hydrogens is 404 g/mol. The van der Waals surface area contributed by atoms with Gasteiger partial charge in [-0.15, -0.1) is 0 Å². The van der Waals surface area contributed by atoms with Crippen molar-refractivity contribution in [3.8, 4) is 23.0 Å². The summed E-state index contributed by atoms with van der Waals surface area (Å²) in [6, 6.07) is 10.3. The SMILES string of the molecule is CCOc1ccccc1OCC(=O)N/N=C\c1cc(Br)cc(OC)c1O. The molecule has 0 fully saturated rings. The third kappa shape index (κ3) is 5.38. The number of nitrogens with zero attached hydrogens (tertiary/aromatic N) is 1. The summed E-state index contributed by atoms with van der Waals surface area (Å²) < 4.78 is 16.6. The number of hydrazone groups is 1. The van der Waals surface area contributed by atoms with Gasteiger partial charge in [0.1, 0.15) is 0 Å². The Morgan fingerprint density at radius 2 is 1.92 bits per heavy atom. The van der Waals surface area contributed by atoms with Gasteiger partial charge < -0.3 is 19.3 Å². The highest BCUT2D eigenvalue weighted by Gasteiger charge is 2.09. The topological polar surface area (TPSA) is 89.4 Å². The molecule has 0 aliphatic carbocycles. The molecule has 0 saturated heterocycles. The molecule has 0 atom stereocenters. The molecule has 0 aliphatic heterocycles. The number of aromatic hydroxyl groups is 1. The van der Waals surface area contributed by atoms with Gasteiger partial charge in [0.25, 0.3) is 5.91 Å². The third-order valence-electron chi connectivity index (χ3n) is 3.19. The minimum absolute atomic E-state index is 0.0735. The monoisotopic (exact) mass is 422 g/mol. The van der Waals surface area contributed by atoms with Crippen LogP contribution in [-0.2, 0) is 4.79 Å². The van der Waals surface area contributed by atoms with Gasteiger partial charge in [-0.25, -0.2) is 5.43 Å². The van der Waals surface area contributed by atoms with Gasteiger partial charge in [0.05, 0.1) is 19.9 Å². The summed E-state index contributed by atoms with van der Waals surface area (Å²) in [7, 11) is 1.45. The maximum absolute atomic E-state index is 11.9. The lowest BCUT2D eigenvalue weighted by atomic mass is 10.2. The van der Waals surface area contributed by atoms with Crippen molar-refractivity contribution in [2.24, 2.45) is 5.10 Å². The van der Waals surface area contributed by atoms with E-state index in [0.717, 1.165) is 0 Å². The summed E-state index contributed by atoms with van der Waals surface area (Å²) in [5.74, 6) is 0.813. The predicted octanol–water partition coefficient (Wildman–Crippen LogP) is 3.09. The van der Waals surface area contributed by atoms with Gasteiger partial charge in [0.15, 0.2) is 29.6 Å². The van der Waals surface area contributed by atoms with Crippen LogP contribution in [0, 0.1) is 0 Å². The van der Waals surface area contributed by atoms with Crippen LogP contribution in [0.2, 0.25) is 0 Å². The molecule has 2 aromatic rings. The van der Waals surface area contributed by atoms with E-state index in [-0.39, 0.29) is 12.4 Å². The molecule has 1 amide bonds. The Balaban J connectivity index is 1.93. The van der Waals surface area contributed by atoms with Crippen molar-refractivity contribution < 1.29 is 24.1 Å². The van der Waals surface area contributed by atoms with Crippen LogP contribution >= 0.6 is 15.9 Å². The third-order valence-corrected chi connectivity index (χ3v) is 3.65. The van der Waals surface area contributed by atoms with Gasteiger partial charge >= 0.3 is 0 Å². The second-order valence-corrected chi connectivity index (χ2v) is 5.92. The zero-order valence-electron chi connectivity index (χ0n) is 14.4. The number of amides is 1. The molecule has 8 heteroatoms. The fourth-order valence-corrected chi connectivity index (χ4v) is 2.50. The maximum atomic E-state index is 11.9. The quantitative estimate of drug-likeness (QED) is 0.503. The summed E-state index contributed by atoms with van der Waals surface area (Å²) >= 11 is 3.31. The Morgan fingerprint density at radius 3 is 2.58 bits per heavy atom. The van der Waals surface area contributed by atoms with Crippen molar-refractivity contribution in [2.75, 3.05) is 20.3 Å². The van der Waals surface area contributed by atoms with E-state index in [1.807, 2.05) is 13.0 Å². The second kappa shape index (κ2) is 9.67. The van der Waals surface area contributed by atoms with E-state index in [9.17, 15) is 9.90 Å². The minimum Gasteiger partial charge on any atom is -0.504 e. The van der Waals surface area contributed by atoms with Gasteiger partial charge in [0, 0.05) is 10.0 Å². The minimum atomic E-state index is -0.450. The Hall–Kier alpha value is -2.74. The zero-order valence-corrected chi connectivity index (χ0v) is 15.9. The number of para-hydroxylation sites is 2. The van der Waals surface area contributed by atoms with Crippen LogP contribution in [0.25, 0.3) is 0 Å². The van der Waals surface area contributed by atoms with Crippen LogP contribution in [0.4, 0.5) is 0 Å². The van der Waals surface area contributed by atoms with Gasteiger partial charge in [-0.2, -0.15) is 5.10 Å². The predicted molar refractivity (Wildman–Crippen MR) is 101 cm³/mol. The first-order chi connectivity index (χ1) is 12.5. The van der Waals surface area contributed by atoms with Crippen molar-refractivity contribution in [3.05, 3.63) is 46.4 Å². The van der Waals surface area contributed by atoms with Gasteiger partial charge in [-0.05, 0) is 31.2 Å². The molecule has 2 rings (SSSR count). The number of carbonyl (C=O) groups excluding carboxylic acids is 1. The maximum Gasteiger partial charge on any atom is 0.277 e. The number of methoxy groups -OCH3 is 1. The molecule has 0 bridgehead atoms. The first-order valence-electron chi connectivity index (χ1n) is 7.78. The molecular formula is C18H19BrN2O5. The number of rotatable bonds is 8. The number of hydrogen-bond donors (Lipinski definition) is 2. The van der Waals surface area contributed by atoms with E-state index < -0.39 is 5.91 Å². The molecule has 0 saturated carbocycles. The van der Waals surface area contributed by atoms with Crippen LogP contribution in [0.1, 0.15) is 12.5 Å². The number of carbonyl (C=O) groups is 1. The summed E-state index contributed by atoms with van der Waals surface area (Å²) in [6.45, 7) is 2.14. The molecule has 0 radical (unpaired) electrons. The Bertz CT molecular complexity index is 795. The molecule has 0 aromatic heterocycles. The Morgan fingerprint density at radius 1 is 1.23 bits per heavy atom. The highest BCUT2D eigenvalue weighted by atomic mass is 79.9. The van der Waals surface area contributed by atoms with Gasteiger partial charge in [-0.1, -0.05) is 28.1 Å². The smallest absolute Gasteiger partial charge is 0.277 e. The molecule has 2 N–H and O–H groups in total. The summed E-state index contributed by atoms with van der Waals surface area (Å²) in [4.78, 5) is 11.9. The second-order valence-electron chi connectivity index (χ2n) is 5.01.